The summed E-state index contributed by atoms with van der Waals surface area (Å²) in [5.41, 5.74) is 3.21. The molecule has 4 rings (SSSR count). The molecule has 1 N–H and O–H groups in total. The van der Waals surface area contributed by atoms with Crippen LogP contribution in [0.1, 0.15) is 10.5 Å². The second-order valence-corrected chi connectivity index (χ2v) is 5.95. The van der Waals surface area contributed by atoms with Crippen LogP contribution in [0.3, 0.4) is 0 Å². The first-order valence-electron chi connectivity index (χ1n) is 7.87. The molecule has 6 heteroatoms. The Hall–Kier alpha value is -3.41. The number of benzene rings is 2. The van der Waals surface area contributed by atoms with E-state index in [0.29, 0.717) is 11.4 Å². The van der Waals surface area contributed by atoms with Crippen molar-refractivity contribution in [2.24, 2.45) is 14.1 Å². The zero-order chi connectivity index (χ0) is 17.6. The Labute approximate surface area is 143 Å². The van der Waals surface area contributed by atoms with E-state index in [2.05, 4.69) is 10.3 Å². The minimum atomic E-state index is -0.286. The number of carbonyl (C=O) groups is 1. The first-order chi connectivity index (χ1) is 12.0. The number of imidazole rings is 1. The van der Waals surface area contributed by atoms with E-state index in [-0.39, 0.29) is 11.6 Å². The van der Waals surface area contributed by atoms with Gasteiger partial charge in [0.1, 0.15) is 5.69 Å². The predicted molar refractivity (Wildman–Crippen MR) is 97.9 cm³/mol. The molecular formula is C19H16N4O2. The van der Waals surface area contributed by atoms with Gasteiger partial charge in [-0.25, -0.2) is 9.78 Å². The van der Waals surface area contributed by atoms with Gasteiger partial charge in [-0.15, -0.1) is 0 Å². The molecule has 0 aliphatic rings. The summed E-state index contributed by atoms with van der Waals surface area (Å²) in [5.74, 6) is -0.286. The number of carbonyl (C=O) groups excluding carboxylic acids is 1. The molecule has 0 fully saturated rings. The van der Waals surface area contributed by atoms with Gasteiger partial charge in [0.05, 0.1) is 16.6 Å². The van der Waals surface area contributed by atoms with Gasteiger partial charge in [-0.1, -0.05) is 24.3 Å². The number of anilines is 1. The normalized spacial score (nSPS) is 11.1. The molecule has 124 valence electrons. The molecule has 2 aromatic carbocycles. The summed E-state index contributed by atoms with van der Waals surface area (Å²) in [5, 5.41) is 3.83. The molecule has 2 heterocycles. The third-order valence-corrected chi connectivity index (χ3v) is 4.36. The molecule has 0 spiro atoms. The summed E-state index contributed by atoms with van der Waals surface area (Å²) in [4.78, 5) is 28.9. The lowest BCUT2D eigenvalue weighted by atomic mass is 10.2. The van der Waals surface area contributed by atoms with Gasteiger partial charge in [-0.05, 0) is 30.3 Å². The quantitative estimate of drug-likeness (QED) is 0.613. The number of para-hydroxylation sites is 1. The van der Waals surface area contributed by atoms with E-state index in [4.69, 9.17) is 0 Å². The van der Waals surface area contributed by atoms with E-state index in [1.807, 2.05) is 36.4 Å². The van der Waals surface area contributed by atoms with Gasteiger partial charge in [0, 0.05) is 25.2 Å². The average Bonchev–Trinajstić information content (AvgIpc) is 2.85. The van der Waals surface area contributed by atoms with Crippen LogP contribution in [0.5, 0.6) is 0 Å². The minimum absolute atomic E-state index is 0.102. The van der Waals surface area contributed by atoms with Crippen LogP contribution in [-0.2, 0) is 14.1 Å². The van der Waals surface area contributed by atoms with E-state index in [1.165, 1.54) is 0 Å². The minimum Gasteiger partial charge on any atom is -0.321 e. The lowest BCUT2D eigenvalue weighted by Gasteiger charge is -2.06. The van der Waals surface area contributed by atoms with Crippen molar-refractivity contribution >= 4 is 33.5 Å². The Morgan fingerprint density at radius 3 is 2.56 bits per heavy atom. The molecule has 0 saturated heterocycles. The number of rotatable bonds is 2. The van der Waals surface area contributed by atoms with Crippen LogP contribution in [0.15, 0.2) is 59.4 Å². The number of hydrogen-bond donors (Lipinski definition) is 1. The molecule has 1 amide bonds. The highest BCUT2D eigenvalue weighted by molar-refractivity contribution is 6.04. The fourth-order valence-electron chi connectivity index (χ4n) is 2.97. The molecule has 0 bridgehead atoms. The van der Waals surface area contributed by atoms with Crippen LogP contribution < -0.4 is 11.0 Å². The monoisotopic (exact) mass is 332 g/mol. The van der Waals surface area contributed by atoms with Gasteiger partial charge in [-0.3, -0.25) is 13.9 Å². The summed E-state index contributed by atoms with van der Waals surface area (Å²) in [6, 6.07) is 16.6. The Balaban J connectivity index is 1.68. The molecule has 2 aromatic heterocycles. The van der Waals surface area contributed by atoms with Gasteiger partial charge in [-0.2, -0.15) is 0 Å². The van der Waals surface area contributed by atoms with Crippen molar-refractivity contribution in [1.29, 1.82) is 0 Å². The second-order valence-electron chi connectivity index (χ2n) is 5.95. The first kappa shape index (κ1) is 15.1. The molecule has 0 aliphatic heterocycles. The van der Waals surface area contributed by atoms with Crippen LogP contribution >= 0.6 is 0 Å². The molecule has 0 aliphatic carbocycles. The Kier molecular flexibility index (Phi) is 3.39. The van der Waals surface area contributed by atoms with Gasteiger partial charge in [0.25, 0.3) is 5.91 Å². The largest absolute Gasteiger partial charge is 0.328 e. The number of aromatic nitrogens is 3. The number of hydrogen-bond acceptors (Lipinski definition) is 3. The highest BCUT2D eigenvalue weighted by Crippen LogP contribution is 2.19. The van der Waals surface area contributed by atoms with Crippen LogP contribution in [0, 0.1) is 0 Å². The number of pyridine rings is 1. The first-order valence-corrected chi connectivity index (χ1v) is 7.87. The fourth-order valence-corrected chi connectivity index (χ4v) is 2.97. The molecular weight excluding hydrogens is 316 g/mol. The smallest absolute Gasteiger partial charge is 0.321 e. The number of amides is 1. The molecule has 0 saturated carbocycles. The van der Waals surface area contributed by atoms with Gasteiger partial charge >= 0.3 is 5.69 Å². The van der Waals surface area contributed by atoms with Gasteiger partial charge < -0.3 is 5.32 Å². The number of aryl methyl sites for hydroxylation is 2. The molecule has 25 heavy (non-hydrogen) atoms. The van der Waals surface area contributed by atoms with Crippen molar-refractivity contribution < 1.29 is 4.79 Å². The summed E-state index contributed by atoms with van der Waals surface area (Å²) in [6.07, 6.45) is 0. The highest BCUT2D eigenvalue weighted by Gasteiger charge is 2.12. The van der Waals surface area contributed by atoms with Crippen LogP contribution in [0.2, 0.25) is 0 Å². The van der Waals surface area contributed by atoms with Crippen LogP contribution in [0.4, 0.5) is 5.69 Å². The average molecular weight is 332 g/mol. The predicted octanol–water partition coefficient (Wildman–Crippen LogP) is 2.68. The lowest BCUT2D eigenvalue weighted by Crippen LogP contribution is -2.19. The summed E-state index contributed by atoms with van der Waals surface area (Å²) >= 11 is 0. The van der Waals surface area contributed by atoms with Crippen LogP contribution in [0.25, 0.3) is 21.9 Å². The highest BCUT2D eigenvalue weighted by atomic mass is 16.2. The molecule has 4 aromatic rings. The van der Waals surface area contributed by atoms with E-state index >= 15 is 0 Å². The molecule has 0 unspecified atom stereocenters. The third kappa shape index (κ3) is 2.48. The standard InChI is InChI=1S/C19H16N4O2/c1-22-16-10-8-13(11-17(16)23(2)19(22)25)20-18(24)15-9-7-12-5-3-4-6-14(12)21-15/h3-11H,1-2H3,(H,20,24). The summed E-state index contributed by atoms with van der Waals surface area (Å²) in [7, 11) is 3.43. The maximum Gasteiger partial charge on any atom is 0.328 e. The van der Waals surface area contributed by atoms with E-state index in [9.17, 15) is 9.59 Å². The lowest BCUT2D eigenvalue weighted by molar-refractivity contribution is 0.102. The van der Waals surface area contributed by atoms with E-state index in [1.54, 1.807) is 41.4 Å². The van der Waals surface area contributed by atoms with Crippen molar-refractivity contribution in [1.82, 2.24) is 14.1 Å². The van der Waals surface area contributed by atoms with E-state index in [0.717, 1.165) is 21.9 Å². The Morgan fingerprint density at radius 2 is 1.72 bits per heavy atom. The van der Waals surface area contributed by atoms with E-state index < -0.39 is 0 Å². The third-order valence-electron chi connectivity index (χ3n) is 4.36. The SMILES string of the molecule is Cn1c(=O)n(C)c2cc(NC(=O)c3ccc4ccccc4n3)ccc21. The Morgan fingerprint density at radius 1 is 0.960 bits per heavy atom. The zero-order valence-corrected chi connectivity index (χ0v) is 13.9. The van der Waals surface area contributed by atoms with Crippen molar-refractivity contribution in [3.05, 3.63) is 70.8 Å². The summed E-state index contributed by atoms with van der Waals surface area (Å²) < 4.78 is 3.13. The van der Waals surface area contributed by atoms with Crippen molar-refractivity contribution in [3.8, 4) is 0 Å². The second kappa shape index (κ2) is 5.59. The molecule has 0 atom stereocenters. The summed E-state index contributed by atoms with van der Waals surface area (Å²) in [6.45, 7) is 0. The number of fused-ring (bicyclic) bond motifs is 2. The fraction of sp³-hybridized carbons (Fsp3) is 0.105. The topological polar surface area (TPSA) is 68.9 Å². The van der Waals surface area contributed by atoms with Gasteiger partial charge in [0.2, 0.25) is 0 Å². The molecule has 6 nitrogen and oxygen atoms in total. The van der Waals surface area contributed by atoms with Crippen molar-refractivity contribution in [3.63, 3.8) is 0 Å². The molecule has 0 radical (unpaired) electrons. The maximum atomic E-state index is 12.5. The number of nitrogens with one attached hydrogen (secondary N) is 1. The zero-order valence-electron chi connectivity index (χ0n) is 13.9. The van der Waals surface area contributed by atoms with Crippen molar-refractivity contribution in [2.45, 2.75) is 0 Å². The van der Waals surface area contributed by atoms with Crippen LogP contribution in [-0.4, -0.2) is 20.0 Å². The maximum absolute atomic E-state index is 12.5. The van der Waals surface area contributed by atoms with Crippen molar-refractivity contribution in [2.75, 3.05) is 5.32 Å². The number of nitrogens with zero attached hydrogens (tertiary/aromatic N) is 3. The van der Waals surface area contributed by atoms with Gasteiger partial charge in [0.15, 0.2) is 0 Å². The Bertz CT molecular complexity index is 1190.